The van der Waals surface area contributed by atoms with Crippen LogP contribution in [0.4, 0.5) is 16.2 Å². The first-order chi connectivity index (χ1) is 26.8. The Bertz CT molecular complexity index is 1900. The summed E-state index contributed by atoms with van der Waals surface area (Å²) in [6.07, 6.45) is 0.620. The van der Waals surface area contributed by atoms with Crippen molar-refractivity contribution in [1.82, 2.24) is 9.80 Å². The van der Waals surface area contributed by atoms with Crippen molar-refractivity contribution in [1.29, 1.82) is 0 Å². The molecule has 56 heavy (non-hydrogen) atoms. The molecule has 0 spiro atoms. The maximum atomic E-state index is 13.9. The number of aliphatic hydroxyl groups is 1. The molecule has 0 aromatic heterocycles. The average molecular weight is 823 g/mol. The van der Waals surface area contributed by atoms with Crippen LogP contribution in [0.25, 0.3) is 0 Å². The number of methoxy groups -OCH3 is 2. The van der Waals surface area contributed by atoms with Gasteiger partial charge in [0.25, 0.3) is 11.8 Å². The molecule has 4 heterocycles. The molecule has 0 bridgehead atoms. The Kier molecular flexibility index (Phi) is 13.4. The largest absolute Gasteiger partial charge is 0.493 e. The molecule has 298 valence electrons. The fraction of sp³-hybridized carbons (Fsp3) is 0.487. The zero-order valence-electron chi connectivity index (χ0n) is 32.0. The molecule has 0 saturated carbocycles. The van der Waals surface area contributed by atoms with Crippen molar-refractivity contribution in [3.8, 4) is 23.0 Å². The van der Waals surface area contributed by atoms with E-state index in [1.54, 1.807) is 40.1 Å². The lowest BCUT2D eigenvalue weighted by molar-refractivity contribution is -0.119. The summed E-state index contributed by atoms with van der Waals surface area (Å²) in [4.78, 5) is 58.1. The molecule has 5 atom stereocenters. The molecule has 2 N–H and O–H groups in total. The lowest BCUT2D eigenvalue weighted by atomic mass is 10.1. The Morgan fingerprint density at radius 3 is 2.16 bits per heavy atom. The fourth-order valence-corrected chi connectivity index (χ4v) is 9.52. The summed E-state index contributed by atoms with van der Waals surface area (Å²) in [6, 6.07) is 5.02. The molecular formula is C39H47AlN4O10S2. The fourth-order valence-electron chi connectivity index (χ4n) is 7.32. The monoisotopic (exact) mass is 822 g/mol. The minimum Gasteiger partial charge on any atom is -0.493 e. The van der Waals surface area contributed by atoms with E-state index in [1.807, 2.05) is 6.92 Å². The van der Waals surface area contributed by atoms with Gasteiger partial charge in [0.1, 0.15) is 12.6 Å². The number of amides is 4. The second-order valence-corrected chi connectivity index (χ2v) is 18.1. The van der Waals surface area contributed by atoms with E-state index in [0.717, 1.165) is 22.5 Å². The van der Waals surface area contributed by atoms with Gasteiger partial charge in [0.2, 0.25) is 21.1 Å². The highest BCUT2D eigenvalue weighted by Crippen LogP contribution is 2.42. The number of nitrogens with one attached hydrogen (secondary N) is 1. The maximum Gasteiger partial charge on any atom is 0.416 e. The standard InChI is InChI=1S/C39H48N4O10S2.Al/c1-21-12-29-35(44)40-27-16-33(31(49-5)14-25(27)36(45)41(29)18-21)51-10-8-7-9-11-52-34-17-28-26(15-32(34)50-6)37(46)42-19-22(2)13-30(42)38(47)43(28)39(48)53-20-23(3)55-24(4)54;/h14-17,23-24,29-30,38,47,54H,1-2,7-13,18-20H2,3-6H3,(H,40,44);/q;+1/p-1/t23-,24?,29+,30+,38+;/m1./s1. The van der Waals surface area contributed by atoms with E-state index >= 15 is 0 Å². The molecule has 2 fully saturated rings. The summed E-state index contributed by atoms with van der Waals surface area (Å²) >= 11 is 4.29. The zero-order valence-corrected chi connectivity index (χ0v) is 34.8. The highest BCUT2D eigenvalue weighted by molar-refractivity contribution is 8.28. The van der Waals surface area contributed by atoms with Crippen LogP contribution in [0.3, 0.4) is 0 Å². The predicted octanol–water partition coefficient (Wildman–Crippen LogP) is 5.38. The quantitative estimate of drug-likeness (QED) is 0.103. The first-order valence-corrected chi connectivity index (χ1v) is 21.8. The third kappa shape index (κ3) is 8.77. The molecule has 0 aliphatic carbocycles. The highest BCUT2D eigenvalue weighted by Gasteiger charge is 2.46. The Labute approximate surface area is 342 Å². The van der Waals surface area contributed by atoms with E-state index in [9.17, 15) is 24.3 Å². The van der Waals surface area contributed by atoms with Crippen molar-refractivity contribution >= 4 is 72.2 Å². The van der Waals surface area contributed by atoms with E-state index < -0.39 is 24.4 Å². The van der Waals surface area contributed by atoms with Crippen LogP contribution >= 0.6 is 21.9 Å². The van der Waals surface area contributed by atoms with E-state index in [1.165, 1.54) is 30.1 Å². The number of benzene rings is 2. The number of hydrogen-bond acceptors (Lipinski definition) is 12. The van der Waals surface area contributed by atoms with Gasteiger partial charge >= 0.3 is 6.09 Å². The van der Waals surface area contributed by atoms with Crippen LogP contribution in [0.1, 0.15) is 66.7 Å². The predicted molar refractivity (Wildman–Crippen MR) is 216 cm³/mol. The lowest BCUT2D eigenvalue weighted by Gasteiger charge is -2.32. The van der Waals surface area contributed by atoms with Crippen LogP contribution in [-0.4, -0.2) is 129 Å². The van der Waals surface area contributed by atoms with E-state index in [4.69, 9.17) is 23.7 Å². The van der Waals surface area contributed by atoms with Gasteiger partial charge in [-0.1, -0.05) is 24.3 Å². The van der Waals surface area contributed by atoms with Gasteiger partial charge in [-0.2, -0.15) is 0 Å². The minimum atomic E-state index is -1.38. The highest BCUT2D eigenvalue weighted by atomic mass is 32.3. The van der Waals surface area contributed by atoms with Gasteiger partial charge in [-0.05, 0) is 58.1 Å². The molecular weight excluding hydrogens is 776 g/mol. The molecule has 14 nitrogen and oxygen atoms in total. The number of carbonyl (C=O) groups excluding carboxylic acids is 4. The van der Waals surface area contributed by atoms with Crippen LogP contribution < -0.4 is 29.2 Å². The molecule has 2 saturated heterocycles. The van der Waals surface area contributed by atoms with Crippen LogP contribution in [0.5, 0.6) is 23.0 Å². The minimum absolute atomic E-state index is 0.00672. The molecule has 2 aromatic rings. The number of ether oxygens (including phenoxy) is 5. The maximum absolute atomic E-state index is 13.9. The summed E-state index contributed by atoms with van der Waals surface area (Å²) in [5.74, 6) is 0.511. The van der Waals surface area contributed by atoms with Crippen LogP contribution in [0.2, 0.25) is 0 Å². The van der Waals surface area contributed by atoms with Crippen molar-refractivity contribution in [3.05, 3.63) is 59.7 Å². The Hall–Kier alpha value is -4.01. The normalized spacial score (nSPS) is 21.3. The topological polar surface area (TPSA) is 156 Å². The molecule has 2 aromatic carbocycles. The molecule has 6 rings (SSSR count). The molecule has 4 amide bonds. The Morgan fingerprint density at radius 2 is 1.50 bits per heavy atom. The summed E-state index contributed by atoms with van der Waals surface area (Å²) in [7, 11) is 4.59. The van der Waals surface area contributed by atoms with Gasteiger partial charge < -0.3 is 43.9 Å². The van der Waals surface area contributed by atoms with Crippen molar-refractivity contribution in [3.63, 3.8) is 0 Å². The first kappa shape index (κ1) is 41.6. The first-order valence-electron chi connectivity index (χ1n) is 18.5. The lowest BCUT2D eigenvalue weighted by Crippen LogP contribution is -2.51. The number of thioether (sulfide) groups is 1. The third-order valence-electron chi connectivity index (χ3n) is 10.1. The number of aliphatic hydroxyl groups excluding tert-OH is 1. The van der Waals surface area contributed by atoms with Crippen molar-refractivity contribution in [2.75, 3.05) is 57.3 Å². The summed E-state index contributed by atoms with van der Waals surface area (Å²) < 4.78 is 29.4. The number of nitrogens with zero attached hydrogens (tertiary/aromatic N) is 3. The number of carbonyl (C=O) groups is 4. The number of unbranched alkanes of at least 4 members (excludes halogenated alkanes) is 2. The number of anilines is 2. The average Bonchev–Trinajstić information content (AvgIpc) is 3.74. The van der Waals surface area contributed by atoms with Crippen LogP contribution in [-0.2, 0) is 9.53 Å². The number of fused-ring (bicyclic) bond motifs is 4. The SMILES string of the molecule is C=C1C[C@H]2C(=O)Nc3cc(OCCCCCOc4cc5c(cc4OC)C(=O)N4CC(=C)C[C@H]4[C@H](O)N5C(=O)OC[C@@H](C)SC(C)[S][Al])c(OC)cc3C(=O)N2C1. The van der Waals surface area contributed by atoms with Gasteiger partial charge in [-0.25, -0.2) is 9.69 Å². The summed E-state index contributed by atoms with van der Waals surface area (Å²) in [5, 5.41) is 14.5. The molecule has 17 heteroatoms. The van der Waals surface area contributed by atoms with Gasteiger partial charge in [-0.15, -0.1) is 11.8 Å². The van der Waals surface area contributed by atoms with Crippen molar-refractivity contribution < 1.29 is 48.0 Å². The van der Waals surface area contributed by atoms with Crippen molar-refractivity contribution in [2.45, 2.75) is 74.1 Å². The second-order valence-electron chi connectivity index (χ2n) is 14.2. The molecule has 1 unspecified atom stereocenters. The molecule has 4 aliphatic rings. The van der Waals surface area contributed by atoms with E-state index in [0.29, 0.717) is 73.1 Å². The smallest absolute Gasteiger partial charge is 0.416 e. The Balaban J connectivity index is 1.10. The van der Waals surface area contributed by atoms with E-state index in [2.05, 4.69) is 40.6 Å². The van der Waals surface area contributed by atoms with Gasteiger partial charge in [0, 0.05) is 35.1 Å². The summed E-state index contributed by atoms with van der Waals surface area (Å²) in [6.45, 7) is 13.3. The zero-order chi connectivity index (χ0) is 40.3. The number of hydrogen-bond donors (Lipinski definition) is 2. The van der Waals surface area contributed by atoms with Crippen LogP contribution in [0, 0.1) is 0 Å². The van der Waals surface area contributed by atoms with Crippen LogP contribution in [0.15, 0.2) is 48.6 Å². The summed E-state index contributed by atoms with van der Waals surface area (Å²) in [5.41, 5.74) is 2.67. The van der Waals surface area contributed by atoms with Gasteiger partial charge in [-0.3, -0.25) is 24.5 Å². The van der Waals surface area contributed by atoms with Gasteiger partial charge in [0.15, 0.2) is 29.2 Å². The van der Waals surface area contributed by atoms with E-state index in [-0.39, 0.29) is 58.6 Å². The van der Waals surface area contributed by atoms with Crippen molar-refractivity contribution in [2.24, 2.45) is 0 Å². The second kappa shape index (κ2) is 18.1. The van der Waals surface area contributed by atoms with Gasteiger partial charge in [0.05, 0.1) is 56.0 Å². The molecule has 4 aliphatic heterocycles. The third-order valence-corrected chi connectivity index (χ3v) is 13.9. The Morgan fingerprint density at radius 1 is 0.893 bits per heavy atom. The molecule has 2 radical (unpaired) electrons. The number of rotatable bonds is 15.